The molecule has 12 heteroatoms. The maximum absolute atomic E-state index is 13.8. The van der Waals surface area contributed by atoms with E-state index >= 15 is 0 Å². The summed E-state index contributed by atoms with van der Waals surface area (Å²) < 4.78 is 55.1. The molecule has 0 N–H and O–H groups in total. The van der Waals surface area contributed by atoms with Crippen molar-refractivity contribution in [2.75, 3.05) is 33.6 Å². The Hall–Kier alpha value is -4.09. The van der Waals surface area contributed by atoms with E-state index in [4.69, 9.17) is 25.8 Å². The number of halogens is 4. The molecule has 3 aromatic carbocycles. The van der Waals surface area contributed by atoms with Crippen molar-refractivity contribution in [3.63, 3.8) is 0 Å². The van der Waals surface area contributed by atoms with Crippen molar-refractivity contribution in [2.45, 2.75) is 18.6 Å². The summed E-state index contributed by atoms with van der Waals surface area (Å²) in [7, 11) is 1.44. The lowest BCUT2D eigenvalue weighted by Gasteiger charge is -2.27. The van der Waals surface area contributed by atoms with Gasteiger partial charge in [0.1, 0.15) is 6.54 Å². The molecule has 0 saturated carbocycles. The Bertz CT molecular complexity index is 1480. The van der Waals surface area contributed by atoms with Gasteiger partial charge in [-0.1, -0.05) is 35.9 Å². The van der Waals surface area contributed by atoms with Crippen molar-refractivity contribution >= 4 is 29.1 Å². The Labute approximate surface area is 238 Å². The summed E-state index contributed by atoms with van der Waals surface area (Å²) >= 11 is 6.43. The molecule has 8 nitrogen and oxygen atoms in total. The number of hydrogen-bond donors (Lipinski definition) is 0. The van der Waals surface area contributed by atoms with Crippen LogP contribution in [0.4, 0.5) is 13.2 Å². The summed E-state index contributed by atoms with van der Waals surface area (Å²) in [6.45, 7) is -0.150. The number of methoxy groups -OCH3 is 1. The highest BCUT2D eigenvalue weighted by Gasteiger charge is 2.36. The average molecular weight is 588 g/mol. The normalized spacial score (nSPS) is 16.1. The van der Waals surface area contributed by atoms with Gasteiger partial charge in [0.2, 0.25) is 6.79 Å². The largest absolute Gasteiger partial charge is 0.454 e. The molecule has 1 unspecified atom stereocenters. The molecular weight excluding hydrogens is 563 g/mol. The first-order chi connectivity index (χ1) is 19.7. The molecule has 0 aromatic heterocycles. The number of carbonyl (C=O) groups is 2. The molecule has 2 heterocycles. The van der Waals surface area contributed by atoms with Crippen LogP contribution < -0.4 is 9.47 Å². The number of benzene rings is 3. The first kappa shape index (κ1) is 28.4. The number of hydrazone groups is 1. The summed E-state index contributed by atoms with van der Waals surface area (Å²) in [4.78, 5) is 28.3. The lowest BCUT2D eigenvalue weighted by molar-refractivity contribution is -0.137. The van der Waals surface area contributed by atoms with E-state index in [1.54, 1.807) is 24.3 Å². The second-order valence-corrected chi connectivity index (χ2v) is 9.80. The van der Waals surface area contributed by atoms with E-state index in [1.165, 1.54) is 17.0 Å². The molecule has 2 amide bonds. The van der Waals surface area contributed by atoms with Crippen molar-refractivity contribution in [3.8, 4) is 11.5 Å². The Balaban J connectivity index is 1.43. The first-order valence-electron chi connectivity index (χ1n) is 12.6. The van der Waals surface area contributed by atoms with Gasteiger partial charge in [-0.2, -0.15) is 18.3 Å². The van der Waals surface area contributed by atoms with Gasteiger partial charge >= 0.3 is 6.18 Å². The highest BCUT2D eigenvalue weighted by molar-refractivity contribution is 6.34. The fourth-order valence-corrected chi connectivity index (χ4v) is 4.90. The summed E-state index contributed by atoms with van der Waals surface area (Å²) in [5.41, 5.74) is 1.14. The molecule has 0 saturated heterocycles. The second kappa shape index (κ2) is 11.8. The smallest absolute Gasteiger partial charge is 0.416 e. The number of fused-ring (bicyclic) bond motifs is 1. The number of nitrogens with zero attached hydrogens (tertiary/aromatic N) is 3. The third-order valence-corrected chi connectivity index (χ3v) is 7.10. The molecule has 2 aliphatic heterocycles. The molecule has 0 aliphatic carbocycles. The highest BCUT2D eigenvalue weighted by atomic mass is 35.5. The number of alkyl halides is 3. The van der Waals surface area contributed by atoms with Gasteiger partial charge in [-0.25, -0.2) is 5.01 Å². The van der Waals surface area contributed by atoms with Crippen LogP contribution in [0.5, 0.6) is 11.5 Å². The van der Waals surface area contributed by atoms with E-state index in [0.717, 1.165) is 29.8 Å². The third-order valence-electron chi connectivity index (χ3n) is 6.77. The van der Waals surface area contributed by atoms with Crippen LogP contribution in [0.1, 0.15) is 39.5 Å². The topological polar surface area (TPSA) is 80.7 Å². The van der Waals surface area contributed by atoms with Crippen LogP contribution in [0.25, 0.3) is 0 Å². The minimum atomic E-state index is -4.54. The molecular formula is C29H25ClF3N3O5. The van der Waals surface area contributed by atoms with Gasteiger partial charge in [0.25, 0.3) is 11.8 Å². The van der Waals surface area contributed by atoms with Crippen molar-refractivity contribution in [1.82, 2.24) is 9.91 Å². The third kappa shape index (κ3) is 6.15. The number of amides is 2. The van der Waals surface area contributed by atoms with Gasteiger partial charge in [0.05, 0.1) is 23.9 Å². The molecule has 3 aromatic rings. The second-order valence-electron chi connectivity index (χ2n) is 9.39. The van der Waals surface area contributed by atoms with Crippen molar-refractivity contribution < 1.29 is 37.0 Å². The van der Waals surface area contributed by atoms with E-state index < -0.39 is 29.6 Å². The first-order valence-corrected chi connectivity index (χ1v) is 13.0. The van der Waals surface area contributed by atoms with Gasteiger partial charge < -0.3 is 19.1 Å². The molecule has 41 heavy (non-hydrogen) atoms. The molecule has 1 atom stereocenters. The van der Waals surface area contributed by atoms with Crippen LogP contribution in [0.2, 0.25) is 5.02 Å². The maximum Gasteiger partial charge on any atom is 0.416 e. The van der Waals surface area contributed by atoms with Crippen molar-refractivity contribution in [1.29, 1.82) is 0 Å². The summed E-state index contributed by atoms with van der Waals surface area (Å²) in [5, 5.41) is 6.42. The van der Waals surface area contributed by atoms with Gasteiger partial charge in [0.15, 0.2) is 11.5 Å². The van der Waals surface area contributed by atoms with E-state index in [2.05, 4.69) is 5.10 Å². The summed E-state index contributed by atoms with van der Waals surface area (Å²) in [6.07, 6.45) is -4.19. The van der Waals surface area contributed by atoms with Gasteiger partial charge in [0, 0.05) is 36.2 Å². The van der Waals surface area contributed by atoms with Crippen LogP contribution in [0.15, 0.2) is 71.8 Å². The zero-order chi connectivity index (χ0) is 29.1. The fraction of sp³-hybridized carbons (Fsp3) is 0.276. The molecule has 214 valence electrons. The SMILES string of the molecule is COCCN(CC(=O)N1N=C(c2ccccc2Cl)CC1c1ccc2c(c1)OCO2)C(=O)c1ccc(C(F)(F)F)cc1. The van der Waals surface area contributed by atoms with E-state index in [9.17, 15) is 22.8 Å². The highest BCUT2D eigenvalue weighted by Crippen LogP contribution is 2.40. The maximum atomic E-state index is 13.8. The van der Waals surface area contributed by atoms with Crippen molar-refractivity contribution in [2.24, 2.45) is 5.10 Å². The standard InChI is InChI=1S/C29H25ClF3N3O5/c1-39-13-12-35(28(38)18-6-9-20(10-7-18)29(31,32)33)16-27(37)36-24(19-8-11-25-26(14-19)41-17-40-25)15-23(34-36)21-4-2-3-5-22(21)30/h2-11,14,24H,12-13,15-17H2,1H3. The van der Waals surface area contributed by atoms with Gasteiger partial charge in [-0.15, -0.1) is 0 Å². The van der Waals surface area contributed by atoms with Crippen LogP contribution in [0, 0.1) is 0 Å². The van der Waals surface area contributed by atoms with Gasteiger partial charge in [-0.3, -0.25) is 9.59 Å². The molecule has 0 spiro atoms. The zero-order valence-corrected chi connectivity index (χ0v) is 22.6. The molecule has 5 rings (SSSR count). The number of carbonyl (C=O) groups excluding carboxylic acids is 2. The monoisotopic (exact) mass is 587 g/mol. The average Bonchev–Trinajstić information content (AvgIpc) is 3.62. The van der Waals surface area contributed by atoms with Crippen molar-refractivity contribution in [3.05, 3.63) is 94.0 Å². The number of ether oxygens (including phenoxy) is 3. The molecule has 0 bridgehead atoms. The van der Waals surface area contributed by atoms with E-state index in [0.29, 0.717) is 34.2 Å². The number of hydrogen-bond acceptors (Lipinski definition) is 6. The minimum Gasteiger partial charge on any atom is -0.454 e. The van der Waals surface area contributed by atoms with Gasteiger partial charge in [-0.05, 0) is 48.0 Å². The summed E-state index contributed by atoms with van der Waals surface area (Å²) in [6, 6.07) is 15.8. The van der Waals surface area contributed by atoms with Crippen LogP contribution >= 0.6 is 11.6 Å². The Morgan fingerprint density at radius 3 is 2.51 bits per heavy atom. The fourth-order valence-electron chi connectivity index (χ4n) is 4.65. The summed E-state index contributed by atoms with van der Waals surface area (Å²) in [5.74, 6) is 0.0226. The molecule has 0 fully saturated rings. The predicted molar refractivity (Wildman–Crippen MR) is 144 cm³/mol. The Morgan fingerprint density at radius 2 is 1.80 bits per heavy atom. The lowest BCUT2D eigenvalue weighted by Crippen LogP contribution is -2.42. The Morgan fingerprint density at radius 1 is 1.07 bits per heavy atom. The number of rotatable bonds is 8. The minimum absolute atomic E-state index is 0.0101. The zero-order valence-electron chi connectivity index (χ0n) is 21.9. The van der Waals surface area contributed by atoms with Crippen LogP contribution in [-0.4, -0.2) is 61.0 Å². The van der Waals surface area contributed by atoms with Crippen LogP contribution in [0.3, 0.4) is 0 Å². The molecule has 2 aliphatic rings. The van der Waals surface area contributed by atoms with E-state index in [1.807, 2.05) is 18.2 Å². The Kier molecular flexibility index (Phi) is 8.18. The predicted octanol–water partition coefficient (Wildman–Crippen LogP) is 5.55. The quantitative estimate of drug-likeness (QED) is 0.345. The molecule has 0 radical (unpaired) electrons. The van der Waals surface area contributed by atoms with Crippen LogP contribution in [-0.2, 0) is 15.7 Å². The lowest BCUT2D eigenvalue weighted by atomic mass is 9.98. The van der Waals surface area contributed by atoms with E-state index in [-0.39, 0.29) is 32.1 Å².